The van der Waals surface area contributed by atoms with E-state index < -0.39 is 65.2 Å². The fraction of sp³-hybridized carbons (Fsp3) is 0.556. The monoisotopic (exact) mass is 460 g/mol. The second-order valence-corrected chi connectivity index (χ2v) is 7.40. The van der Waals surface area contributed by atoms with E-state index >= 15 is 0 Å². The van der Waals surface area contributed by atoms with Gasteiger partial charge in [-0.1, -0.05) is 0 Å². The van der Waals surface area contributed by atoms with Crippen molar-refractivity contribution in [2.45, 2.75) is 49.8 Å². The van der Waals surface area contributed by atoms with Crippen LogP contribution in [0.15, 0.2) is 12.1 Å². The summed E-state index contributed by atoms with van der Waals surface area (Å²) in [6, 6.07) is -1.80. The predicted molar refractivity (Wildman–Crippen MR) is 87.3 cm³/mol. The van der Waals surface area contributed by atoms with E-state index in [0.717, 1.165) is 0 Å². The average Bonchev–Trinajstić information content (AvgIpc) is 3.38. The molecule has 5 nitrogen and oxygen atoms in total. The molecule has 3 atom stereocenters. The van der Waals surface area contributed by atoms with Crippen LogP contribution in [0.5, 0.6) is 0 Å². The molecule has 1 saturated carbocycles. The Hall–Kier alpha value is -2.44. The van der Waals surface area contributed by atoms with Gasteiger partial charge in [-0.25, -0.2) is 13.6 Å². The SMILES string of the molecule is O=C(N[C@@H](c1cc(F)c(C(F)(F)F)cc1F)C1CC1)[C@H]1C[C@@H](OC(=O)C(F)(F)F)CN1. The number of rotatable bonds is 5. The van der Waals surface area contributed by atoms with Crippen LogP contribution in [-0.2, 0) is 20.5 Å². The lowest BCUT2D eigenvalue weighted by atomic mass is 9.98. The lowest BCUT2D eigenvalue weighted by Crippen LogP contribution is -2.42. The Morgan fingerprint density at radius 2 is 1.71 bits per heavy atom. The molecular formula is C18H16F8N2O3. The van der Waals surface area contributed by atoms with Crippen molar-refractivity contribution >= 4 is 11.9 Å². The Morgan fingerprint density at radius 3 is 2.26 bits per heavy atom. The minimum atomic E-state index is -5.19. The van der Waals surface area contributed by atoms with E-state index in [4.69, 9.17) is 0 Å². The highest BCUT2D eigenvalue weighted by atomic mass is 19.4. The van der Waals surface area contributed by atoms with Gasteiger partial charge in [-0.2, -0.15) is 26.3 Å². The van der Waals surface area contributed by atoms with Crippen LogP contribution >= 0.6 is 0 Å². The number of alkyl halides is 6. The molecular weight excluding hydrogens is 444 g/mol. The molecule has 0 bridgehead atoms. The van der Waals surface area contributed by atoms with E-state index in [-0.39, 0.29) is 24.9 Å². The van der Waals surface area contributed by atoms with Crippen LogP contribution in [0.1, 0.15) is 36.4 Å². The van der Waals surface area contributed by atoms with Gasteiger partial charge >= 0.3 is 18.3 Å². The third-order valence-corrected chi connectivity index (χ3v) is 5.03. The Morgan fingerprint density at radius 1 is 1.06 bits per heavy atom. The average molecular weight is 460 g/mol. The minimum absolute atomic E-state index is 0.0205. The van der Waals surface area contributed by atoms with Gasteiger partial charge < -0.3 is 15.4 Å². The molecule has 0 unspecified atom stereocenters. The predicted octanol–water partition coefficient (Wildman–Crippen LogP) is 3.39. The Labute approximate surface area is 170 Å². The number of hydrogen-bond acceptors (Lipinski definition) is 4. The van der Waals surface area contributed by atoms with Crippen molar-refractivity contribution in [2.24, 2.45) is 5.92 Å². The second-order valence-electron chi connectivity index (χ2n) is 7.40. The summed E-state index contributed by atoms with van der Waals surface area (Å²) in [5.41, 5.74) is -2.24. The van der Waals surface area contributed by atoms with Crippen LogP contribution in [0.2, 0.25) is 0 Å². The molecule has 1 aliphatic heterocycles. The number of carbonyl (C=O) groups excluding carboxylic acids is 2. The fourth-order valence-corrected chi connectivity index (χ4v) is 3.36. The van der Waals surface area contributed by atoms with Crippen LogP contribution in [0.25, 0.3) is 0 Å². The number of benzene rings is 1. The largest absolute Gasteiger partial charge is 0.490 e. The lowest BCUT2D eigenvalue weighted by Gasteiger charge is -2.22. The number of ether oxygens (including phenoxy) is 1. The van der Waals surface area contributed by atoms with E-state index in [1.807, 2.05) is 0 Å². The fourth-order valence-electron chi connectivity index (χ4n) is 3.36. The van der Waals surface area contributed by atoms with E-state index in [1.54, 1.807) is 0 Å². The summed E-state index contributed by atoms with van der Waals surface area (Å²) in [7, 11) is 0. The summed E-state index contributed by atoms with van der Waals surface area (Å²) < 4.78 is 108. The van der Waals surface area contributed by atoms with Crippen molar-refractivity contribution in [3.63, 3.8) is 0 Å². The highest BCUT2D eigenvalue weighted by Gasteiger charge is 2.45. The lowest BCUT2D eigenvalue weighted by molar-refractivity contribution is -0.204. The Kier molecular flexibility index (Phi) is 6.18. The van der Waals surface area contributed by atoms with Crippen molar-refractivity contribution < 1.29 is 49.4 Å². The summed E-state index contributed by atoms with van der Waals surface area (Å²) in [4.78, 5) is 23.4. The van der Waals surface area contributed by atoms with E-state index in [9.17, 15) is 44.7 Å². The van der Waals surface area contributed by atoms with Crippen LogP contribution in [0, 0.1) is 17.6 Å². The first-order chi connectivity index (χ1) is 14.3. The van der Waals surface area contributed by atoms with Crippen LogP contribution in [0.3, 0.4) is 0 Å². The molecule has 3 rings (SSSR count). The highest BCUT2D eigenvalue weighted by Crippen LogP contribution is 2.43. The number of amides is 1. The quantitative estimate of drug-likeness (QED) is 0.523. The molecule has 2 aliphatic rings. The van der Waals surface area contributed by atoms with Crippen molar-refractivity contribution in [3.8, 4) is 0 Å². The van der Waals surface area contributed by atoms with Crippen LogP contribution < -0.4 is 10.6 Å². The Balaban J connectivity index is 1.70. The summed E-state index contributed by atoms with van der Waals surface area (Å²) in [6.45, 7) is -0.239. The molecule has 0 spiro atoms. The minimum Gasteiger partial charge on any atom is -0.454 e. The first kappa shape index (κ1) is 23.2. The molecule has 0 aromatic heterocycles. The first-order valence-corrected chi connectivity index (χ1v) is 9.15. The summed E-state index contributed by atoms with van der Waals surface area (Å²) in [5.74, 6) is -6.57. The number of halogens is 8. The van der Waals surface area contributed by atoms with Gasteiger partial charge in [0, 0.05) is 18.5 Å². The zero-order valence-corrected chi connectivity index (χ0v) is 15.5. The Bertz CT molecular complexity index is 867. The van der Waals surface area contributed by atoms with Gasteiger partial charge in [0.25, 0.3) is 0 Å². The summed E-state index contributed by atoms with van der Waals surface area (Å²) in [6.07, 6.45) is -10.8. The van der Waals surface area contributed by atoms with Gasteiger partial charge in [0.2, 0.25) is 5.91 Å². The van der Waals surface area contributed by atoms with E-state index in [0.29, 0.717) is 18.9 Å². The summed E-state index contributed by atoms with van der Waals surface area (Å²) >= 11 is 0. The van der Waals surface area contributed by atoms with Crippen molar-refractivity contribution in [1.82, 2.24) is 10.6 Å². The molecule has 1 amide bonds. The molecule has 1 saturated heterocycles. The molecule has 0 radical (unpaired) electrons. The first-order valence-electron chi connectivity index (χ1n) is 9.15. The number of carbonyl (C=O) groups is 2. The highest BCUT2D eigenvalue weighted by molar-refractivity contribution is 5.83. The molecule has 2 fully saturated rings. The molecule has 1 aromatic rings. The van der Waals surface area contributed by atoms with Crippen molar-refractivity contribution in [3.05, 3.63) is 34.9 Å². The molecule has 13 heteroatoms. The molecule has 1 aliphatic carbocycles. The molecule has 31 heavy (non-hydrogen) atoms. The zero-order valence-electron chi connectivity index (χ0n) is 15.5. The number of esters is 1. The van der Waals surface area contributed by atoms with Gasteiger partial charge in [-0.3, -0.25) is 4.79 Å². The molecule has 1 aromatic carbocycles. The molecule has 172 valence electrons. The van der Waals surface area contributed by atoms with Crippen LogP contribution in [0.4, 0.5) is 35.1 Å². The standard InChI is InChI=1S/C18H16F8N2O3/c19-11-5-10(17(21,22)23)12(20)4-9(11)14(7-1-2-7)28-15(29)13-3-8(6-27-13)31-16(30)18(24,25)26/h4-5,7-8,13-14,27H,1-3,6H2,(H,28,29)/t8-,13-,14-/m1/s1. The normalized spacial score (nSPS) is 22.8. The number of nitrogens with one attached hydrogen (secondary N) is 2. The topological polar surface area (TPSA) is 67.4 Å². The van der Waals surface area contributed by atoms with Gasteiger partial charge in [-0.05, 0) is 30.9 Å². The van der Waals surface area contributed by atoms with Crippen LogP contribution in [-0.4, -0.2) is 36.7 Å². The maximum atomic E-state index is 14.3. The third-order valence-electron chi connectivity index (χ3n) is 5.03. The zero-order chi connectivity index (χ0) is 23.1. The van der Waals surface area contributed by atoms with E-state index in [2.05, 4.69) is 15.4 Å². The van der Waals surface area contributed by atoms with Gasteiger partial charge in [-0.15, -0.1) is 0 Å². The second kappa shape index (κ2) is 8.24. The third kappa shape index (κ3) is 5.43. The molecule has 2 N–H and O–H groups in total. The van der Waals surface area contributed by atoms with Gasteiger partial charge in [0.1, 0.15) is 17.7 Å². The van der Waals surface area contributed by atoms with Gasteiger partial charge in [0.05, 0.1) is 17.6 Å². The summed E-state index contributed by atoms with van der Waals surface area (Å²) in [5, 5.41) is 4.98. The van der Waals surface area contributed by atoms with Gasteiger partial charge in [0.15, 0.2) is 0 Å². The van der Waals surface area contributed by atoms with Crippen molar-refractivity contribution in [2.75, 3.05) is 6.54 Å². The number of hydrogen-bond donors (Lipinski definition) is 2. The smallest absolute Gasteiger partial charge is 0.454 e. The maximum Gasteiger partial charge on any atom is 0.490 e. The van der Waals surface area contributed by atoms with Crippen molar-refractivity contribution in [1.29, 1.82) is 0 Å². The maximum absolute atomic E-state index is 14.3. The van der Waals surface area contributed by atoms with E-state index in [1.165, 1.54) is 0 Å². The molecule has 1 heterocycles.